The maximum Gasteiger partial charge on any atom is 0.163 e. The molecule has 4 nitrogen and oxygen atoms in total. The van der Waals surface area contributed by atoms with Gasteiger partial charge in [-0.2, -0.15) is 5.26 Å². The van der Waals surface area contributed by atoms with E-state index >= 15 is 0 Å². The third kappa shape index (κ3) is 3.22. The highest BCUT2D eigenvalue weighted by Gasteiger charge is 2.20. The molecular weight excluding hydrogens is 368 g/mol. The first-order valence-electron chi connectivity index (χ1n) is 6.87. The molecule has 0 amide bonds. The van der Waals surface area contributed by atoms with Crippen LogP contribution in [0.3, 0.4) is 0 Å². The second kappa shape index (κ2) is 6.97. The molecule has 0 spiro atoms. The molecule has 0 fully saturated rings. The average Bonchev–Trinajstić information content (AvgIpc) is 3.05. The lowest BCUT2D eigenvalue weighted by atomic mass is 10.1. The van der Waals surface area contributed by atoms with Crippen molar-refractivity contribution in [2.45, 2.75) is 0 Å². The SMILES string of the molecule is N#C/C(=C(/O)c1ncccc1Cl)c1nc(-c2c(F)cccc2F)cs1. The van der Waals surface area contributed by atoms with Gasteiger partial charge in [0.15, 0.2) is 5.76 Å². The molecule has 0 atom stereocenters. The van der Waals surface area contributed by atoms with Crippen molar-refractivity contribution in [2.75, 3.05) is 0 Å². The molecule has 0 unspecified atom stereocenters. The number of allylic oxidation sites excluding steroid dienone is 1. The Kier molecular flexibility index (Phi) is 4.74. The number of aliphatic hydroxyl groups excluding tert-OH is 1. The van der Waals surface area contributed by atoms with E-state index in [0.717, 1.165) is 23.5 Å². The van der Waals surface area contributed by atoms with Gasteiger partial charge in [0, 0.05) is 11.6 Å². The molecular formula is C17H8ClF2N3OS. The van der Waals surface area contributed by atoms with E-state index in [0.29, 0.717) is 0 Å². The summed E-state index contributed by atoms with van der Waals surface area (Å²) in [5.74, 6) is -1.99. The Morgan fingerprint density at radius 3 is 2.56 bits per heavy atom. The second-order valence-corrected chi connectivity index (χ2v) is 6.07. The third-order valence-corrected chi connectivity index (χ3v) is 4.43. The van der Waals surface area contributed by atoms with Crippen LogP contribution < -0.4 is 0 Å². The van der Waals surface area contributed by atoms with E-state index in [1.807, 2.05) is 6.07 Å². The molecule has 0 radical (unpaired) electrons. The van der Waals surface area contributed by atoms with Crippen molar-refractivity contribution in [1.29, 1.82) is 5.26 Å². The maximum atomic E-state index is 13.9. The zero-order valence-electron chi connectivity index (χ0n) is 12.4. The number of hydrogen-bond acceptors (Lipinski definition) is 5. The molecule has 25 heavy (non-hydrogen) atoms. The highest BCUT2D eigenvalue weighted by atomic mass is 35.5. The second-order valence-electron chi connectivity index (χ2n) is 4.80. The summed E-state index contributed by atoms with van der Waals surface area (Å²) in [6.45, 7) is 0. The number of aliphatic hydroxyl groups is 1. The molecule has 0 saturated heterocycles. The topological polar surface area (TPSA) is 69.8 Å². The summed E-state index contributed by atoms with van der Waals surface area (Å²) >= 11 is 6.94. The molecule has 124 valence electrons. The first kappa shape index (κ1) is 17.0. The van der Waals surface area contributed by atoms with Crippen LogP contribution in [0.25, 0.3) is 22.6 Å². The molecule has 1 N–H and O–H groups in total. The summed E-state index contributed by atoms with van der Waals surface area (Å²) in [6, 6.07) is 8.39. The van der Waals surface area contributed by atoms with Crippen molar-refractivity contribution < 1.29 is 13.9 Å². The van der Waals surface area contributed by atoms with Gasteiger partial charge in [-0.15, -0.1) is 11.3 Å². The minimum Gasteiger partial charge on any atom is -0.504 e. The monoisotopic (exact) mass is 375 g/mol. The van der Waals surface area contributed by atoms with Gasteiger partial charge in [-0.05, 0) is 24.3 Å². The highest BCUT2D eigenvalue weighted by Crippen LogP contribution is 2.33. The van der Waals surface area contributed by atoms with Crippen LogP contribution in [0.4, 0.5) is 8.78 Å². The smallest absolute Gasteiger partial charge is 0.163 e. The van der Waals surface area contributed by atoms with Crippen molar-refractivity contribution in [3.05, 3.63) is 69.3 Å². The van der Waals surface area contributed by atoms with Crippen molar-refractivity contribution in [3.63, 3.8) is 0 Å². The molecule has 2 heterocycles. The number of aromatic nitrogens is 2. The predicted molar refractivity (Wildman–Crippen MR) is 91.8 cm³/mol. The van der Waals surface area contributed by atoms with E-state index < -0.39 is 17.4 Å². The lowest BCUT2D eigenvalue weighted by Crippen LogP contribution is -1.95. The molecule has 0 aliphatic heterocycles. The van der Waals surface area contributed by atoms with E-state index in [2.05, 4.69) is 9.97 Å². The van der Waals surface area contributed by atoms with E-state index in [9.17, 15) is 19.1 Å². The lowest BCUT2D eigenvalue weighted by molar-refractivity contribution is 0.511. The fourth-order valence-corrected chi connectivity index (χ4v) is 3.14. The molecule has 3 aromatic rings. The van der Waals surface area contributed by atoms with E-state index in [1.165, 1.54) is 23.7 Å². The van der Waals surface area contributed by atoms with E-state index in [4.69, 9.17) is 11.6 Å². The predicted octanol–water partition coefficient (Wildman–Crippen LogP) is 5.09. The maximum absolute atomic E-state index is 13.9. The zero-order valence-corrected chi connectivity index (χ0v) is 13.9. The summed E-state index contributed by atoms with van der Waals surface area (Å²) in [6.07, 6.45) is 1.41. The number of hydrogen-bond donors (Lipinski definition) is 1. The number of nitriles is 1. The fraction of sp³-hybridized carbons (Fsp3) is 0. The van der Waals surface area contributed by atoms with Crippen molar-refractivity contribution >= 4 is 34.3 Å². The molecule has 2 aromatic heterocycles. The van der Waals surface area contributed by atoms with Gasteiger partial charge in [-0.1, -0.05) is 17.7 Å². The average molecular weight is 376 g/mol. The van der Waals surface area contributed by atoms with Gasteiger partial charge in [0.2, 0.25) is 0 Å². The van der Waals surface area contributed by atoms with Crippen LogP contribution in [0, 0.1) is 23.0 Å². The van der Waals surface area contributed by atoms with Crippen LogP contribution in [0.2, 0.25) is 5.02 Å². The van der Waals surface area contributed by atoms with Gasteiger partial charge in [0.25, 0.3) is 0 Å². The van der Waals surface area contributed by atoms with Gasteiger partial charge < -0.3 is 5.11 Å². The standard InChI is InChI=1S/C17H8ClF2N3OS/c18-10-3-2-6-22-15(10)16(24)9(7-21)17-23-13(8-25-17)14-11(19)4-1-5-12(14)20/h1-6,8,24H/b16-9-. The fourth-order valence-electron chi connectivity index (χ4n) is 2.13. The number of benzene rings is 1. The number of thiazole rings is 1. The highest BCUT2D eigenvalue weighted by molar-refractivity contribution is 7.11. The van der Waals surface area contributed by atoms with Crippen molar-refractivity contribution in [1.82, 2.24) is 9.97 Å². The minimum absolute atomic E-state index is 0.0227. The normalized spacial score (nSPS) is 11.8. The van der Waals surface area contributed by atoms with Gasteiger partial charge in [-0.25, -0.2) is 13.8 Å². The van der Waals surface area contributed by atoms with Gasteiger partial charge >= 0.3 is 0 Å². The summed E-state index contributed by atoms with van der Waals surface area (Å²) in [7, 11) is 0. The Bertz CT molecular complexity index is 1010. The quantitative estimate of drug-likeness (QED) is 0.511. The number of halogens is 3. The molecule has 0 saturated carbocycles. The molecule has 0 aliphatic rings. The molecule has 1 aromatic carbocycles. The van der Waals surface area contributed by atoms with Crippen LogP contribution in [-0.4, -0.2) is 15.1 Å². The number of nitrogens with zero attached hydrogens (tertiary/aromatic N) is 3. The summed E-state index contributed by atoms with van der Waals surface area (Å²) in [5.41, 5.74) is -0.427. The largest absolute Gasteiger partial charge is 0.504 e. The Balaban J connectivity index is 2.11. The molecule has 3 rings (SSSR count). The molecule has 0 aliphatic carbocycles. The van der Waals surface area contributed by atoms with E-state index in [-0.39, 0.29) is 32.6 Å². The van der Waals surface area contributed by atoms with Gasteiger partial charge in [0.05, 0.1) is 16.3 Å². The first-order chi connectivity index (χ1) is 12.0. The Hall–Kier alpha value is -2.82. The summed E-state index contributed by atoms with van der Waals surface area (Å²) < 4.78 is 27.8. The van der Waals surface area contributed by atoms with Gasteiger partial charge in [-0.3, -0.25) is 4.98 Å². The van der Waals surface area contributed by atoms with Crippen molar-refractivity contribution in [3.8, 4) is 17.3 Å². The van der Waals surface area contributed by atoms with Crippen LogP contribution in [0.5, 0.6) is 0 Å². The van der Waals surface area contributed by atoms with Crippen LogP contribution >= 0.6 is 22.9 Å². The van der Waals surface area contributed by atoms with Crippen molar-refractivity contribution in [2.24, 2.45) is 0 Å². The Morgan fingerprint density at radius 1 is 1.20 bits per heavy atom. The Labute approximate surface area is 150 Å². The van der Waals surface area contributed by atoms with Crippen LogP contribution in [-0.2, 0) is 0 Å². The zero-order chi connectivity index (χ0) is 18.0. The molecule has 0 bridgehead atoms. The van der Waals surface area contributed by atoms with E-state index in [1.54, 1.807) is 6.07 Å². The Morgan fingerprint density at radius 2 is 1.92 bits per heavy atom. The summed E-state index contributed by atoms with van der Waals surface area (Å²) in [4.78, 5) is 8.01. The third-order valence-electron chi connectivity index (χ3n) is 3.27. The minimum atomic E-state index is -0.767. The number of rotatable bonds is 3. The number of pyridine rings is 1. The van der Waals surface area contributed by atoms with Crippen LogP contribution in [0.15, 0.2) is 41.9 Å². The first-order valence-corrected chi connectivity index (χ1v) is 8.13. The summed E-state index contributed by atoms with van der Waals surface area (Å²) in [5, 5.41) is 21.4. The lowest BCUT2D eigenvalue weighted by Gasteiger charge is -2.03. The molecule has 8 heteroatoms. The van der Waals surface area contributed by atoms with Crippen LogP contribution in [0.1, 0.15) is 10.7 Å². The van der Waals surface area contributed by atoms with Gasteiger partial charge in [0.1, 0.15) is 34.0 Å².